The van der Waals surface area contributed by atoms with Crippen LogP contribution in [0.5, 0.6) is 5.75 Å². The highest BCUT2D eigenvalue weighted by Gasteiger charge is 2.29. The van der Waals surface area contributed by atoms with Crippen LogP contribution in [0.2, 0.25) is 0 Å². The molecule has 6 heteroatoms. The molecule has 22 heavy (non-hydrogen) atoms. The minimum absolute atomic E-state index is 0.214. The quantitative estimate of drug-likeness (QED) is 0.844. The molecular formula is C16H18N4O2. The predicted molar refractivity (Wildman–Crippen MR) is 79.2 cm³/mol. The van der Waals surface area contributed by atoms with Crippen molar-refractivity contribution in [2.24, 2.45) is 0 Å². The fourth-order valence-corrected chi connectivity index (χ4v) is 2.77. The number of benzene rings is 1. The standard InChI is InChI=1S/C16H18N4O2/c1-12-18-16(19-22-12)15-6-3-7-20(15)8-9-21-14-5-2-4-13(10-14)11-17/h2,4-5,10,15H,3,6-9H2,1H3. The van der Waals surface area contributed by atoms with Crippen molar-refractivity contribution in [3.63, 3.8) is 0 Å². The fourth-order valence-electron chi connectivity index (χ4n) is 2.77. The van der Waals surface area contributed by atoms with Crippen LogP contribution >= 0.6 is 0 Å². The third kappa shape index (κ3) is 3.26. The molecule has 0 bridgehead atoms. The second-order valence-electron chi connectivity index (χ2n) is 5.35. The maximum absolute atomic E-state index is 8.89. The number of hydrogen-bond acceptors (Lipinski definition) is 6. The lowest BCUT2D eigenvalue weighted by Gasteiger charge is -2.21. The number of likely N-dealkylation sites (tertiary alicyclic amines) is 1. The Morgan fingerprint density at radius 1 is 1.50 bits per heavy atom. The molecule has 1 saturated heterocycles. The van der Waals surface area contributed by atoms with Gasteiger partial charge in [0.25, 0.3) is 0 Å². The molecule has 0 spiro atoms. The van der Waals surface area contributed by atoms with E-state index in [1.165, 1.54) is 0 Å². The summed E-state index contributed by atoms with van der Waals surface area (Å²) >= 11 is 0. The molecular weight excluding hydrogens is 280 g/mol. The van der Waals surface area contributed by atoms with Gasteiger partial charge in [-0.1, -0.05) is 11.2 Å². The summed E-state index contributed by atoms with van der Waals surface area (Å²) in [7, 11) is 0. The SMILES string of the molecule is Cc1nc(C2CCCN2CCOc2cccc(C#N)c2)no1. The molecule has 1 aromatic carbocycles. The average Bonchev–Trinajstić information content (AvgIpc) is 3.16. The van der Waals surface area contributed by atoms with E-state index in [0.29, 0.717) is 18.1 Å². The second-order valence-corrected chi connectivity index (χ2v) is 5.35. The van der Waals surface area contributed by atoms with Crippen molar-refractivity contribution in [1.82, 2.24) is 15.0 Å². The van der Waals surface area contributed by atoms with Gasteiger partial charge in [0.05, 0.1) is 17.7 Å². The van der Waals surface area contributed by atoms with E-state index in [1.807, 2.05) is 12.1 Å². The second kappa shape index (κ2) is 6.58. The van der Waals surface area contributed by atoms with Gasteiger partial charge in [-0.25, -0.2) is 0 Å². The van der Waals surface area contributed by atoms with Crippen LogP contribution < -0.4 is 4.74 Å². The van der Waals surface area contributed by atoms with Crippen molar-refractivity contribution in [2.45, 2.75) is 25.8 Å². The summed E-state index contributed by atoms with van der Waals surface area (Å²) in [6.45, 7) is 4.19. The van der Waals surface area contributed by atoms with E-state index in [-0.39, 0.29) is 6.04 Å². The molecule has 1 atom stereocenters. The first-order chi connectivity index (χ1) is 10.8. The lowest BCUT2D eigenvalue weighted by Crippen LogP contribution is -2.28. The highest BCUT2D eigenvalue weighted by molar-refractivity contribution is 5.36. The van der Waals surface area contributed by atoms with Gasteiger partial charge in [0, 0.05) is 13.5 Å². The van der Waals surface area contributed by atoms with E-state index in [0.717, 1.165) is 37.5 Å². The molecule has 1 aliphatic rings. The molecule has 1 aliphatic heterocycles. The van der Waals surface area contributed by atoms with Gasteiger partial charge < -0.3 is 9.26 Å². The summed E-state index contributed by atoms with van der Waals surface area (Å²) in [5.41, 5.74) is 0.610. The van der Waals surface area contributed by atoms with Crippen molar-refractivity contribution in [3.05, 3.63) is 41.5 Å². The van der Waals surface area contributed by atoms with Crippen molar-refractivity contribution >= 4 is 0 Å². The van der Waals surface area contributed by atoms with Gasteiger partial charge in [0.2, 0.25) is 5.89 Å². The Labute approximate surface area is 129 Å². The van der Waals surface area contributed by atoms with Crippen LogP contribution in [0.1, 0.15) is 36.2 Å². The van der Waals surface area contributed by atoms with Gasteiger partial charge in [-0.15, -0.1) is 0 Å². The number of nitrogens with zero attached hydrogens (tertiary/aromatic N) is 4. The summed E-state index contributed by atoms with van der Waals surface area (Å²) in [4.78, 5) is 6.65. The predicted octanol–water partition coefficient (Wildman–Crippen LogP) is 2.47. The number of aromatic nitrogens is 2. The van der Waals surface area contributed by atoms with Crippen molar-refractivity contribution < 1.29 is 9.26 Å². The zero-order valence-corrected chi connectivity index (χ0v) is 12.5. The zero-order chi connectivity index (χ0) is 15.4. The minimum Gasteiger partial charge on any atom is -0.492 e. The van der Waals surface area contributed by atoms with Crippen LogP contribution in [0.15, 0.2) is 28.8 Å². The zero-order valence-electron chi connectivity index (χ0n) is 12.5. The number of rotatable bonds is 5. The first-order valence-electron chi connectivity index (χ1n) is 7.43. The van der Waals surface area contributed by atoms with E-state index in [1.54, 1.807) is 19.1 Å². The van der Waals surface area contributed by atoms with Crippen LogP contribution in [0.4, 0.5) is 0 Å². The van der Waals surface area contributed by atoms with Crippen LogP contribution in [0, 0.1) is 18.3 Å². The molecule has 1 fully saturated rings. The Morgan fingerprint density at radius 2 is 2.41 bits per heavy atom. The maximum atomic E-state index is 8.89. The van der Waals surface area contributed by atoms with Crippen LogP contribution in [0.3, 0.4) is 0 Å². The first-order valence-corrected chi connectivity index (χ1v) is 7.43. The fraction of sp³-hybridized carbons (Fsp3) is 0.438. The summed E-state index contributed by atoms with van der Waals surface area (Å²) in [6.07, 6.45) is 2.17. The molecule has 0 saturated carbocycles. The molecule has 1 aromatic heterocycles. The monoisotopic (exact) mass is 298 g/mol. The topological polar surface area (TPSA) is 75.2 Å². The third-order valence-electron chi connectivity index (χ3n) is 3.82. The molecule has 2 aromatic rings. The Kier molecular flexibility index (Phi) is 4.35. The van der Waals surface area contributed by atoms with Crippen LogP contribution in [-0.4, -0.2) is 34.7 Å². The molecule has 0 aliphatic carbocycles. The van der Waals surface area contributed by atoms with Crippen molar-refractivity contribution in [3.8, 4) is 11.8 Å². The van der Waals surface area contributed by atoms with Gasteiger partial charge in [0.1, 0.15) is 12.4 Å². The molecule has 3 rings (SSSR count). The molecule has 1 unspecified atom stereocenters. The lowest BCUT2D eigenvalue weighted by atomic mass is 10.2. The molecule has 6 nitrogen and oxygen atoms in total. The first kappa shape index (κ1) is 14.5. The largest absolute Gasteiger partial charge is 0.492 e. The van der Waals surface area contributed by atoms with E-state index < -0.39 is 0 Å². The van der Waals surface area contributed by atoms with Gasteiger partial charge in [-0.2, -0.15) is 10.2 Å². The Bertz CT molecular complexity index is 677. The molecule has 0 radical (unpaired) electrons. The average molecular weight is 298 g/mol. The van der Waals surface area contributed by atoms with Gasteiger partial charge in [-0.3, -0.25) is 4.90 Å². The molecule has 2 heterocycles. The maximum Gasteiger partial charge on any atom is 0.223 e. The number of aryl methyl sites for hydroxylation is 1. The van der Waals surface area contributed by atoms with E-state index >= 15 is 0 Å². The highest BCUT2D eigenvalue weighted by Crippen LogP contribution is 2.29. The Balaban J connectivity index is 1.55. The molecule has 0 amide bonds. The highest BCUT2D eigenvalue weighted by atomic mass is 16.5. The van der Waals surface area contributed by atoms with E-state index in [9.17, 15) is 0 Å². The lowest BCUT2D eigenvalue weighted by molar-refractivity contribution is 0.190. The minimum atomic E-state index is 0.214. The molecule has 114 valence electrons. The number of nitriles is 1. The normalized spacial score (nSPS) is 18.3. The van der Waals surface area contributed by atoms with Gasteiger partial charge in [-0.05, 0) is 37.6 Å². The van der Waals surface area contributed by atoms with Gasteiger partial charge >= 0.3 is 0 Å². The molecule has 0 N–H and O–H groups in total. The Morgan fingerprint density at radius 3 is 3.18 bits per heavy atom. The van der Waals surface area contributed by atoms with Crippen LogP contribution in [0.25, 0.3) is 0 Å². The van der Waals surface area contributed by atoms with Crippen LogP contribution in [-0.2, 0) is 0 Å². The summed E-state index contributed by atoms with van der Waals surface area (Å²) in [5, 5.41) is 12.9. The van der Waals surface area contributed by atoms with Crippen molar-refractivity contribution in [2.75, 3.05) is 19.7 Å². The Hall–Kier alpha value is -2.39. The third-order valence-corrected chi connectivity index (χ3v) is 3.82. The summed E-state index contributed by atoms with van der Waals surface area (Å²) in [5.74, 6) is 2.10. The van der Waals surface area contributed by atoms with Gasteiger partial charge in [0.15, 0.2) is 5.82 Å². The smallest absolute Gasteiger partial charge is 0.223 e. The number of ether oxygens (including phenoxy) is 1. The van der Waals surface area contributed by atoms with Crippen molar-refractivity contribution in [1.29, 1.82) is 5.26 Å². The number of hydrogen-bond donors (Lipinski definition) is 0. The summed E-state index contributed by atoms with van der Waals surface area (Å²) in [6, 6.07) is 9.54. The van der Waals surface area contributed by atoms with E-state index in [4.69, 9.17) is 14.5 Å². The van der Waals surface area contributed by atoms with E-state index in [2.05, 4.69) is 21.1 Å². The summed E-state index contributed by atoms with van der Waals surface area (Å²) < 4.78 is 10.8.